The van der Waals surface area contributed by atoms with Crippen molar-refractivity contribution >= 4 is 34.8 Å². The lowest BCUT2D eigenvalue weighted by Crippen LogP contribution is -2.29. The van der Waals surface area contributed by atoms with E-state index in [2.05, 4.69) is 5.32 Å². The molecule has 0 bridgehead atoms. The highest BCUT2D eigenvalue weighted by molar-refractivity contribution is 6.01. The third-order valence-electron chi connectivity index (χ3n) is 5.19. The van der Waals surface area contributed by atoms with Gasteiger partial charge in [0.15, 0.2) is 6.61 Å². The maximum absolute atomic E-state index is 12.5. The Bertz CT molecular complexity index is 1060. The molecule has 0 saturated carbocycles. The lowest BCUT2D eigenvalue weighted by atomic mass is 10.1. The minimum Gasteiger partial charge on any atom is -0.497 e. The van der Waals surface area contributed by atoms with E-state index in [0.717, 1.165) is 16.8 Å². The molecule has 1 aliphatic rings. The fourth-order valence-corrected chi connectivity index (χ4v) is 3.66. The maximum Gasteiger partial charge on any atom is 0.311 e. The van der Waals surface area contributed by atoms with E-state index in [-0.39, 0.29) is 30.2 Å². The number of amides is 2. The third-order valence-corrected chi connectivity index (χ3v) is 5.19. The predicted molar refractivity (Wildman–Crippen MR) is 116 cm³/mol. The number of nitro benzene ring substituents is 1. The summed E-state index contributed by atoms with van der Waals surface area (Å²) in [5.74, 6) is -2.01. The molecule has 32 heavy (non-hydrogen) atoms. The van der Waals surface area contributed by atoms with Gasteiger partial charge in [0.25, 0.3) is 11.6 Å². The summed E-state index contributed by atoms with van der Waals surface area (Å²) in [4.78, 5) is 49.3. The van der Waals surface area contributed by atoms with Crippen LogP contribution in [0.15, 0.2) is 36.4 Å². The lowest BCUT2D eigenvalue weighted by Gasteiger charge is -2.21. The van der Waals surface area contributed by atoms with Crippen LogP contribution in [0, 0.1) is 29.9 Å². The van der Waals surface area contributed by atoms with Crippen LogP contribution in [0.3, 0.4) is 0 Å². The first-order valence-corrected chi connectivity index (χ1v) is 9.86. The van der Waals surface area contributed by atoms with Gasteiger partial charge in [0, 0.05) is 30.8 Å². The number of hydrogen-bond acceptors (Lipinski definition) is 7. The van der Waals surface area contributed by atoms with Gasteiger partial charge in [-0.25, -0.2) is 0 Å². The second-order valence-corrected chi connectivity index (χ2v) is 7.44. The van der Waals surface area contributed by atoms with Gasteiger partial charge in [-0.05, 0) is 31.0 Å². The molecule has 1 aliphatic heterocycles. The fourth-order valence-electron chi connectivity index (χ4n) is 3.66. The molecule has 2 amide bonds. The number of esters is 1. The summed E-state index contributed by atoms with van der Waals surface area (Å²) in [5.41, 5.74) is 2.22. The number of nitrogens with zero attached hydrogens (tertiary/aromatic N) is 2. The number of aryl methyl sites for hydroxylation is 2. The number of ether oxygens (including phenoxy) is 2. The Morgan fingerprint density at radius 2 is 1.91 bits per heavy atom. The van der Waals surface area contributed by atoms with Crippen molar-refractivity contribution in [1.82, 2.24) is 0 Å². The Balaban J connectivity index is 1.61. The molecule has 2 aromatic rings. The largest absolute Gasteiger partial charge is 0.497 e. The van der Waals surface area contributed by atoms with Crippen molar-refractivity contribution in [2.75, 3.05) is 30.5 Å². The summed E-state index contributed by atoms with van der Waals surface area (Å²) in [6.07, 6.45) is -0.0183. The first-order chi connectivity index (χ1) is 15.2. The molecule has 168 valence electrons. The Hall–Kier alpha value is -3.95. The first kappa shape index (κ1) is 22.7. The summed E-state index contributed by atoms with van der Waals surface area (Å²) >= 11 is 0. The highest BCUT2D eigenvalue weighted by Crippen LogP contribution is 2.31. The molecule has 1 fully saturated rings. The van der Waals surface area contributed by atoms with Gasteiger partial charge in [-0.2, -0.15) is 0 Å². The van der Waals surface area contributed by atoms with Crippen molar-refractivity contribution in [2.45, 2.75) is 20.3 Å². The number of nitro groups is 1. The molecule has 10 nitrogen and oxygen atoms in total. The fraction of sp³-hybridized carbons (Fsp3) is 0.318. The Morgan fingerprint density at radius 1 is 1.22 bits per heavy atom. The molecule has 0 radical (unpaired) electrons. The van der Waals surface area contributed by atoms with Gasteiger partial charge in [-0.15, -0.1) is 0 Å². The van der Waals surface area contributed by atoms with Gasteiger partial charge in [0.1, 0.15) is 11.4 Å². The van der Waals surface area contributed by atoms with Crippen LogP contribution in [0.5, 0.6) is 5.75 Å². The predicted octanol–water partition coefficient (Wildman–Crippen LogP) is 2.76. The molecular formula is C22H23N3O7. The molecular weight excluding hydrogens is 418 g/mol. The van der Waals surface area contributed by atoms with E-state index in [1.807, 2.05) is 32.0 Å². The van der Waals surface area contributed by atoms with Crippen molar-refractivity contribution in [1.29, 1.82) is 0 Å². The van der Waals surface area contributed by atoms with E-state index in [1.165, 1.54) is 25.3 Å². The number of anilines is 2. The number of carbonyl (C=O) groups is 3. The molecule has 1 atom stereocenters. The summed E-state index contributed by atoms with van der Waals surface area (Å²) in [5, 5.41) is 13.5. The average Bonchev–Trinajstić information content (AvgIpc) is 3.13. The summed E-state index contributed by atoms with van der Waals surface area (Å²) in [6.45, 7) is 3.31. The zero-order valence-electron chi connectivity index (χ0n) is 17.9. The first-order valence-electron chi connectivity index (χ1n) is 9.86. The number of hydrogen-bond donors (Lipinski definition) is 1. The van der Waals surface area contributed by atoms with Crippen molar-refractivity contribution in [3.8, 4) is 5.75 Å². The molecule has 0 unspecified atom stereocenters. The normalized spacial score (nSPS) is 15.4. The van der Waals surface area contributed by atoms with Crippen LogP contribution in [0.4, 0.5) is 17.1 Å². The molecule has 0 aromatic heterocycles. The van der Waals surface area contributed by atoms with Crippen molar-refractivity contribution in [2.24, 2.45) is 5.92 Å². The molecule has 1 heterocycles. The topological polar surface area (TPSA) is 128 Å². The van der Waals surface area contributed by atoms with Crippen LogP contribution in [0.25, 0.3) is 0 Å². The number of nitrogens with one attached hydrogen (secondary N) is 1. The summed E-state index contributed by atoms with van der Waals surface area (Å²) < 4.78 is 10.1. The molecule has 0 spiro atoms. The van der Waals surface area contributed by atoms with Crippen molar-refractivity contribution in [3.63, 3.8) is 0 Å². The van der Waals surface area contributed by atoms with E-state index < -0.39 is 29.3 Å². The number of methoxy groups -OCH3 is 1. The third kappa shape index (κ3) is 4.85. The highest BCUT2D eigenvalue weighted by atomic mass is 16.6. The minimum atomic E-state index is -0.745. The van der Waals surface area contributed by atoms with Crippen molar-refractivity contribution < 1.29 is 28.8 Å². The molecule has 0 aliphatic carbocycles. The van der Waals surface area contributed by atoms with Gasteiger partial charge < -0.3 is 19.7 Å². The van der Waals surface area contributed by atoms with Gasteiger partial charge in [-0.1, -0.05) is 18.2 Å². The number of para-hydroxylation sites is 1. The van der Waals surface area contributed by atoms with E-state index in [9.17, 15) is 24.5 Å². The number of rotatable bonds is 7. The maximum atomic E-state index is 12.5. The van der Waals surface area contributed by atoms with E-state index >= 15 is 0 Å². The monoisotopic (exact) mass is 441 g/mol. The summed E-state index contributed by atoms with van der Waals surface area (Å²) in [7, 11) is 1.39. The van der Waals surface area contributed by atoms with Gasteiger partial charge >= 0.3 is 5.97 Å². The summed E-state index contributed by atoms with van der Waals surface area (Å²) in [6, 6.07) is 9.58. The van der Waals surface area contributed by atoms with Crippen LogP contribution in [0.1, 0.15) is 17.5 Å². The van der Waals surface area contributed by atoms with E-state index in [4.69, 9.17) is 9.47 Å². The van der Waals surface area contributed by atoms with Gasteiger partial charge in [-0.3, -0.25) is 24.5 Å². The number of carbonyl (C=O) groups excluding carboxylic acids is 3. The van der Waals surface area contributed by atoms with Crippen LogP contribution >= 0.6 is 0 Å². The van der Waals surface area contributed by atoms with E-state index in [1.54, 1.807) is 4.90 Å². The molecule has 2 aromatic carbocycles. The molecule has 1 saturated heterocycles. The zero-order chi connectivity index (χ0) is 23.4. The standard InChI is InChI=1S/C22H23N3O7/c1-13-5-4-6-14(2)21(13)24-11-15(9-20(24)27)22(28)32-12-19(26)23-17-10-16(31-3)7-8-18(17)25(29)30/h4-8,10,15H,9,11-12H2,1-3H3,(H,23,26)/t15-/m0/s1. The SMILES string of the molecule is COc1ccc([N+](=O)[O-])c(NC(=O)COC(=O)[C@H]2CC(=O)N(c3c(C)cccc3C)C2)c1. The van der Waals surface area contributed by atoms with E-state index in [0.29, 0.717) is 5.75 Å². The number of benzene rings is 2. The van der Waals surface area contributed by atoms with Crippen LogP contribution in [-0.4, -0.2) is 43.0 Å². The smallest absolute Gasteiger partial charge is 0.311 e. The van der Waals surface area contributed by atoms with Crippen molar-refractivity contribution in [3.05, 3.63) is 57.6 Å². The van der Waals surface area contributed by atoms with Crippen LogP contribution < -0.4 is 15.0 Å². The van der Waals surface area contributed by atoms with Gasteiger partial charge in [0.2, 0.25) is 5.91 Å². The van der Waals surface area contributed by atoms with Gasteiger partial charge in [0.05, 0.1) is 18.0 Å². The second kappa shape index (κ2) is 9.46. The Morgan fingerprint density at radius 3 is 2.53 bits per heavy atom. The second-order valence-electron chi connectivity index (χ2n) is 7.44. The minimum absolute atomic E-state index is 0.0183. The zero-order valence-corrected chi connectivity index (χ0v) is 17.9. The highest BCUT2D eigenvalue weighted by Gasteiger charge is 2.37. The average molecular weight is 441 g/mol. The lowest BCUT2D eigenvalue weighted by molar-refractivity contribution is -0.383. The molecule has 3 rings (SSSR count). The Labute approximate surface area is 184 Å². The quantitative estimate of drug-likeness (QED) is 0.397. The molecule has 10 heteroatoms. The molecule has 1 N–H and O–H groups in total. The Kier molecular flexibility index (Phi) is 6.72. The van der Waals surface area contributed by atoms with Crippen LogP contribution in [-0.2, 0) is 19.1 Å². The van der Waals surface area contributed by atoms with Crippen LogP contribution in [0.2, 0.25) is 0 Å².